The Morgan fingerprint density at radius 1 is 1.24 bits per heavy atom. The van der Waals surface area contributed by atoms with Crippen molar-refractivity contribution in [3.05, 3.63) is 34.3 Å². The normalized spacial score (nSPS) is 11.1. The van der Waals surface area contributed by atoms with Crippen LogP contribution >= 0.6 is 28.3 Å². The monoisotopic (exact) mass is 319 g/mol. The number of aryl methyl sites for hydroxylation is 1. The van der Waals surface area contributed by atoms with E-state index in [-0.39, 0.29) is 12.4 Å². The van der Waals surface area contributed by atoms with Gasteiger partial charge in [0.05, 0.1) is 0 Å². The lowest BCUT2D eigenvalue weighted by atomic mass is 9.97. The molecule has 0 radical (unpaired) electrons. The molecule has 17 heavy (non-hydrogen) atoms. The molecule has 0 atom stereocenters. The molecule has 0 aliphatic rings. The van der Waals surface area contributed by atoms with E-state index in [2.05, 4.69) is 66.3 Å². The van der Waals surface area contributed by atoms with Crippen molar-refractivity contribution >= 4 is 28.3 Å². The Morgan fingerprint density at radius 2 is 1.94 bits per heavy atom. The first kappa shape index (κ1) is 16.9. The van der Waals surface area contributed by atoms with E-state index in [4.69, 9.17) is 0 Å². The summed E-state index contributed by atoms with van der Waals surface area (Å²) < 4.78 is 1.17. The summed E-state index contributed by atoms with van der Waals surface area (Å²) in [5.74, 6) is 0. The molecule has 0 aliphatic heterocycles. The van der Waals surface area contributed by atoms with E-state index in [0.29, 0.717) is 5.41 Å². The number of nitrogens with one attached hydrogen (secondary N) is 1. The maximum Gasteiger partial charge on any atom is 0.0177 e. The highest BCUT2D eigenvalue weighted by Gasteiger charge is 2.08. The fourth-order valence-corrected chi connectivity index (χ4v) is 2.02. The van der Waals surface area contributed by atoms with Gasteiger partial charge in [0.2, 0.25) is 0 Å². The lowest BCUT2D eigenvalue weighted by molar-refractivity contribution is 0.379. The molecule has 1 rings (SSSR count). The van der Waals surface area contributed by atoms with Gasteiger partial charge in [0.25, 0.3) is 0 Å². The van der Waals surface area contributed by atoms with Crippen molar-refractivity contribution in [2.75, 3.05) is 13.1 Å². The van der Waals surface area contributed by atoms with Crippen LogP contribution in [0.1, 0.15) is 32.8 Å². The molecule has 0 bridgehead atoms. The Morgan fingerprint density at radius 3 is 2.53 bits per heavy atom. The number of halogens is 2. The zero-order valence-electron chi connectivity index (χ0n) is 10.9. The molecule has 0 spiro atoms. The largest absolute Gasteiger partial charge is 0.316 e. The average molecular weight is 321 g/mol. The van der Waals surface area contributed by atoms with Crippen molar-refractivity contribution in [1.82, 2.24) is 5.32 Å². The molecule has 1 N–H and O–H groups in total. The van der Waals surface area contributed by atoms with Crippen molar-refractivity contribution in [1.29, 1.82) is 0 Å². The van der Waals surface area contributed by atoms with Crippen LogP contribution in [-0.2, 0) is 6.42 Å². The van der Waals surface area contributed by atoms with Crippen molar-refractivity contribution in [3.8, 4) is 0 Å². The molecule has 0 aliphatic carbocycles. The average Bonchev–Trinajstić information content (AvgIpc) is 2.15. The third-order valence-electron chi connectivity index (χ3n) is 2.36. The molecule has 1 aromatic rings. The Kier molecular flexibility index (Phi) is 8.10. The summed E-state index contributed by atoms with van der Waals surface area (Å²) in [4.78, 5) is 0. The molecular weight excluding hydrogens is 298 g/mol. The highest BCUT2D eigenvalue weighted by Crippen LogP contribution is 2.13. The topological polar surface area (TPSA) is 12.0 Å². The zero-order chi connectivity index (χ0) is 12.0. The summed E-state index contributed by atoms with van der Waals surface area (Å²) >= 11 is 3.50. The van der Waals surface area contributed by atoms with Gasteiger partial charge in [-0.15, -0.1) is 12.4 Å². The summed E-state index contributed by atoms with van der Waals surface area (Å²) in [6.45, 7) is 8.96. The first-order valence-corrected chi connectivity index (χ1v) is 6.72. The van der Waals surface area contributed by atoms with Crippen LogP contribution in [0.2, 0.25) is 0 Å². The second-order valence-corrected chi connectivity index (χ2v) is 6.39. The van der Waals surface area contributed by atoms with Gasteiger partial charge in [0.1, 0.15) is 0 Å². The Hall–Kier alpha value is -0.0500. The van der Waals surface area contributed by atoms with Gasteiger partial charge < -0.3 is 5.32 Å². The maximum absolute atomic E-state index is 3.50. The molecule has 0 saturated carbocycles. The minimum Gasteiger partial charge on any atom is -0.316 e. The van der Waals surface area contributed by atoms with Gasteiger partial charge in [0, 0.05) is 4.47 Å². The Labute approximate surface area is 120 Å². The summed E-state index contributed by atoms with van der Waals surface area (Å²) in [6.07, 6.45) is 2.35. The smallest absolute Gasteiger partial charge is 0.0177 e. The number of benzene rings is 1. The lowest BCUT2D eigenvalue weighted by Crippen LogP contribution is -2.27. The van der Waals surface area contributed by atoms with E-state index in [0.717, 1.165) is 19.5 Å². The number of hydrogen-bond acceptors (Lipinski definition) is 1. The van der Waals surface area contributed by atoms with Crippen LogP contribution in [0.15, 0.2) is 28.7 Å². The first-order valence-electron chi connectivity index (χ1n) is 5.92. The lowest BCUT2D eigenvalue weighted by Gasteiger charge is -2.18. The molecule has 98 valence electrons. The van der Waals surface area contributed by atoms with Crippen molar-refractivity contribution in [2.45, 2.75) is 33.6 Å². The van der Waals surface area contributed by atoms with Gasteiger partial charge in [-0.1, -0.05) is 48.8 Å². The van der Waals surface area contributed by atoms with E-state index < -0.39 is 0 Å². The highest BCUT2D eigenvalue weighted by atomic mass is 79.9. The van der Waals surface area contributed by atoms with Gasteiger partial charge in [-0.3, -0.25) is 0 Å². The van der Waals surface area contributed by atoms with Crippen LogP contribution < -0.4 is 5.32 Å². The second-order valence-electron chi connectivity index (χ2n) is 5.47. The third kappa shape index (κ3) is 8.64. The van der Waals surface area contributed by atoms with E-state index >= 15 is 0 Å². The Bertz CT molecular complexity index is 320. The minimum atomic E-state index is 0. The molecule has 1 aromatic carbocycles. The van der Waals surface area contributed by atoms with E-state index in [9.17, 15) is 0 Å². The fraction of sp³-hybridized carbons (Fsp3) is 0.571. The summed E-state index contributed by atoms with van der Waals surface area (Å²) in [6, 6.07) is 8.56. The molecule has 1 nitrogen and oxygen atoms in total. The van der Waals surface area contributed by atoms with Crippen LogP contribution in [0, 0.1) is 5.41 Å². The quantitative estimate of drug-likeness (QED) is 0.791. The molecule has 0 fully saturated rings. The third-order valence-corrected chi connectivity index (χ3v) is 2.86. The van der Waals surface area contributed by atoms with Crippen molar-refractivity contribution in [2.24, 2.45) is 5.41 Å². The standard InChI is InChI=1S/C14H22BrN.ClH/c1-14(2,3)11-16-9-5-7-12-6-4-8-13(15)10-12;/h4,6,8,10,16H,5,7,9,11H2,1-3H3;1H. The van der Waals surface area contributed by atoms with Gasteiger partial charge in [-0.2, -0.15) is 0 Å². The maximum atomic E-state index is 3.50. The predicted molar refractivity (Wildman–Crippen MR) is 82.0 cm³/mol. The van der Waals surface area contributed by atoms with Crippen LogP contribution in [0.4, 0.5) is 0 Å². The molecule has 0 amide bonds. The van der Waals surface area contributed by atoms with Gasteiger partial charge >= 0.3 is 0 Å². The van der Waals surface area contributed by atoms with Crippen LogP contribution in [0.5, 0.6) is 0 Å². The van der Waals surface area contributed by atoms with Crippen LogP contribution in [0.25, 0.3) is 0 Å². The van der Waals surface area contributed by atoms with Crippen LogP contribution in [0.3, 0.4) is 0 Å². The highest BCUT2D eigenvalue weighted by molar-refractivity contribution is 9.10. The molecular formula is C14H23BrClN. The van der Waals surface area contributed by atoms with Gasteiger partial charge in [0.15, 0.2) is 0 Å². The SMILES string of the molecule is CC(C)(C)CNCCCc1cccc(Br)c1.Cl. The van der Waals surface area contributed by atoms with E-state index in [1.165, 1.54) is 16.5 Å². The van der Waals surface area contributed by atoms with E-state index in [1.54, 1.807) is 0 Å². The number of rotatable bonds is 5. The molecule has 0 unspecified atom stereocenters. The molecule has 0 saturated heterocycles. The number of hydrogen-bond donors (Lipinski definition) is 1. The molecule has 0 heterocycles. The van der Waals surface area contributed by atoms with Gasteiger partial charge in [-0.05, 0) is 49.0 Å². The summed E-state index contributed by atoms with van der Waals surface area (Å²) in [7, 11) is 0. The minimum absolute atomic E-state index is 0. The van der Waals surface area contributed by atoms with Crippen LogP contribution in [-0.4, -0.2) is 13.1 Å². The summed E-state index contributed by atoms with van der Waals surface area (Å²) in [5.41, 5.74) is 1.79. The van der Waals surface area contributed by atoms with Crippen molar-refractivity contribution in [3.63, 3.8) is 0 Å². The molecule has 3 heteroatoms. The van der Waals surface area contributed by atoms with E-state index in [1.807, 2.05) is 0 Å². The van der Waals surface area contributed by atoms with Gasteiger partial charge in [-0.25, -0.2) is 0 Å². The Balaban J connectivity index is 0.00000256. The molecule has 0 aromatic heterocycles. The second kappa shape index (κ2) is 8.12. The summed E-state index contributed by atoms with van der Waals surface area (Å²) in [5, 5.41) is 3.50. The zero-order valence-corrected chi connectivity index (χ0v) is 13.3. The first-order chi connectivity index (χ1) is 7.47. The predicted octanol–water partition coefficient (Wildman–Crippen LogP) is 4.44. The fourth-order valence-electron chi connectivity index (χ4n) is 1.57. The van der Waals surface area contributed by atoms with Crippen molar-refractivity contribution < 1.29 is 0 Å².